The lowest BCUT2D eigenvalue weighted by molar-refractivity contribution is -0.123. The highest BCUT2D eigenvalue weighted by atomic mass is 79.9. The molecular weight excluding hydrogens is 276 g/mol. The van der Waals surface area contributed by atoms with Gasteiger partial charge in [0, 0.05) is 14.7 Å². The van der Waals surface area contributed by atoms with Gasteiger partial charge >= 0.3 is 0 Å². The third kappa shape index (κ3) is 3.65. The molecule has 1 N–H and O–H groups in total. The van der Waals surface area contributed by atoms with Gasteiger partial charge in [-0.25, -0.2) is 0 Å². The zero-order valence-electron chi connectivity index (χ0n) is 8.29. The van der Waals surface area contributed by atoms with Gasteiger partial charge in [0.25, 0.3) is 0 Å². The molecule has 0 aliphatic carbocycles. The quantitative estimate of drug-likeness (QED) is 0.925. The molecular formula is C10H11BrN2OS. The fourth-order valence-electron chi connectivity index (χ4n) is 1.08. The summed E-state index contributed by atoms with van der Waals surface area (Å²) in [6.07, 6.45) is 0.552. The molecule has 0 saturated heterocycles. The summed E-state index contributed by atoms with van der Waals surface area (Å²) in [6, 6.07) is 3.93. The van der Waals surface area contributed by atoms with Gasteiger partial charge in [0.05, 0.1) is 12.6 Å². The lowest BCUT2D eigenvalue weighted by Gasteiger charge is -2.06. The molecule has 1 unspecified atom stereocenters. The lowest BCUT2D eigenvalue weighted by Crippen LogP contribution is -2.28. The Hall–Kier alpha value is -0.860. The number of carbonyl (C=O) groups is 1. The van der Waals surface area contributed by atoms with Crippen molar-refractivity contribution >= 4 is 33.2 Å². The monoisotopic (exact) mass is 286 g/mol. The SMILES string of the molecule is CCC(C#N)C(=O)NCc1cc(Br)cs1. The number of nitriles is 1. The smallest absolute Gasteiger partial charge is 0.237 e. The molecule has 0 aliphatic heterocycles. The van der Waals surface area contributed by atoms with Crippen molar-refractivity contribution in [2.45, 2.75) is 19.9 Å². The minimum absolute atomic E-state index is 0.190. The molecule has 0 fully saturated rings. The van der Waals surface area contributed by atoms with E-state index in [4.69, 9.17) is 5.26 Å². The molecule has 80 valence electrons. The maximum atomic E-state index is 11.4. The van der Waals surface area contributed by atoms with Gasteiger partial charge < -0.3 is 5.32 Å². The molecule has 0 spiro atoms. The summed E-state index contributed by atoms with van der Waals surface area (Å²) < 4.78 is 1.02. The first-order chi connectivity index (χ1) is 7.17. The molecule has 0 bridgehead atoms. The number of carbonyl (C=O) groups excluding carboxylic acids is 1. The van der Waals surface area contributed by atoms with E-state index in [1.165, 1.54) is 0 Å². The lowest BCUT2D eigenvalue weighted by atomic mass is 10.1. The first-order valence-corrected chi connectivity index (χ1v) is 6.25. The topological polar surface area (TPSA) is 52.9 Å². The van der Waals surface area contributed by atoms with E-state index in [1.54, 1.807) is 11.3 Å². The van der Waals surface area contributed by atoms with E-state index in [-0.39, 0.29) is 5.91 Å². The molecule has 3 nitrogen and oxygen atoms in total. The van der Waals surface area contributed by atoms with Crippen LogP contribution in [0.5, 0.6) is 0 Å². The van der Waals surface area contributed by atoms with Crippen LogP contribution in [-0.2, 0) is 11.3 Å². The van der Waals surface area contributed by atoms with Crippen LogP contribution in [0.2, 0.25) is 0 Å². The van der Waals surface area contributed by atoms with Crippen LogP contribution in [-0.4, -0.2) is 5.91 Å². The van der Waals surface area contributed by atoms with Gasteiger partial charge in [0.15, 0.2) is 0 Å². The number of thiophene rings is 1. The Balaban J connectivity index is 2.44. The molecule has 0 saturated carbocycles. The largest absolute Gasteiger partial charge is 0.350 e. The maximum Gasteiger partial charge on any atom is 0.237 e. The van der Waals surface area contributed by atoms with Gasteiger partial charge in [-0.1, -0.05) is 6.92 Å². The Kier molecular flexibility index (Phi) is 4.79. The highest BCUT2D eigenvalue weighted by Gasteiger charge is 2.14. The Morgan fingerprint density at radius 1 is 1.80 bits per heavy atom. The van der Waals surface area contributed by atoms with Crippen molar-refractivity contribution in [1.29, 1.82) is 5.26 Å². The average Bonchev–Trinajstić information content (AvgIpc) is 2.63. The molecule has 0 aromatic carbocycles. The molecule has 1 aromatic heterocycles. The summed E-state index contributed by atoms with van der Waals surface area (Å²) in [7, 11) is 0. The summed E-state index contributed by atoms with van der Waals surface area (Å²) in [5, 5.41) is 13.4. The predicted molar refractivity (Wildman–Crippen MR) is 63.3 cm³/mol. The minimum Gasteiger partial charge on any atom is -0.350 e. The highest BCUT2D eigenvalue weighted by molar-refractivity contribution is 9.10. The van der Waals surface area contributed by atoms with Gasteiger partial charge in [-0.05, 0) is 28.4 Å². The first kappa shape index (κ1) is 12.2. The van der Waals surface area contributed by atoms with Crippen LogP contribution < -0.4 is 5.32 Å². The first-order valence-electron chi connectivity index (χ1n) is 4.57. The third-order valence-electron chi connectivity index (χ3n) is 1.94. The van der Waals surface area contributed by atoms with E-state index in [1.807, 2.05) is 24.4 Å². The van der Waals surface area contributed by atoms with Crippen molar-refractivity contribution < 1.29 is 4.79 Å². The van der Waals surface area contributed by atoms with E-state index >= 15 is 0 Å². The molecule has 1 aromatic rings. The van der Waals surface area contributed by atoms with Crippen LogP contribution in [0.15, 0.2) is 15.9 Å². The van der Waals surface area contributed by atoms with Crippen LogP contribution in [0, 0.1) is 17.2 Å². The number of rotatable bonds is 4. The van der Waals surface area contributed by atoms with Crippen molar-refractivity contribution in [2.24, 2.45) is 5.92 Å². The molecule has 15 heavy (non-hydrogen) atoms. The number of amides is 1. The van der Waals surface area contributed by atoms with Crippen LogP contribution in [0.4, 0.5) is 0 Å². The Morgan fingerprint density at radius 3 is 3.00 bits per heavy atom. The summed E-state index contributed by atoms with van der Waals surface area (Å²) in [4.78, 5) is 12.5. The number of halogens is 1. The van der Waals surface area contributed by atoms with E-state index in [2.05, 4.69) is 21.2 Å². The van der Waals surface area contributed by atoms with Gasteiger partial charge in [-0.2, -0.15) is 5.26 Å². The maximum absolute atomic E-state index is 11.4. The Bertz CT molecular complexity index is 383. The van der Waals surface area contributed by atoms with Gasteiger partial charge in [0.1, 0.15) is 5.92 Å². The van der Waals surface area contributed by atoms with Crippen molar-refractivity contribution in [3.8, 4) is 6.07 Å². The number of hydrogen-bond donors (Lipinski definition) is 1. The second kappa shape index (κ2) is 5.89. The van der Waals surface area contributed by atoms with Crippen LogP contribution in [0.3, 0.4) is 0 Å². The van der Waals surface area contributed by atoms with Crippen LogP contribution >= 0.6 is 27.3 Å². The van der Waals surface area contributed by atoms with E-state index in [0.717, 1.165) is 9.35 Å². The summed E-state index contributed by atoms with van der Waals surface area (Å²) in [6.45, 7) is 2.32. The molecule has 1 heterocycles. The van der Waals surface area contributed by atoms with Crippen molar-refractivity contribution in [2.75, 3.05) is 0 Å². The van der Waals surface area contributed by atoms with E-state index < -0.39 is 5.92 Å². The second-order valence-electron chi connectivity index (χ2n) is 3.04. The van der Waals surface area contributed by atoms with Crippen molar-refractivity contribution in [3.05, 3.63) is 20.8 Å². The highest BCUT2D eigenvalue weighted by Crippen LogP contribution is 2.19. The zero-order valence-corrected chi connectivity index (χ0v) is 10.7. The zero-order chi connectivity index (χ0) is 11.3. The van der Waals surface area contributed by atoms with Gasteiger partial charge in [-0.3, -0.25) is 4.79 Å². The van der Waals surface area contributed by atoms with Crippen LogP contribution in [0.1, 0.15) is 18.2 Å². The fraction of sp³-hybridized carbons (Fsp3) is 0.400. The molecule has 1 amide bonds. The molecule has 1 atom stereocenters. The number of nitrogens with one attached hydrogen (secondary N) is 1. The number of nitrogens with zero attached hydrogens (tertiary/aromatic N) is 1. The van der Waals surface area contributed by atoms with Gasteiger partial charge in [0.2, 0.25) is 5.91 Å². The molecule has 0 radical (unpaired) electrons. The normalized spacial score (nSPS) is 11.8. The summed E-state index contributed by atoms with van der Waals surface area (Å²) in [5.41, 5.74) is 0. The predicted octanol–water partition coefficient (Wildman–Crippen LogP) is 2.68. The van der Waals surface area contributed by atoms with Crippen molar-refractivity contribution in [3.63, 3.8) is 0 Å². The fourth-order valence-corrected chi connectivity index (χ4v) is 2.47. The summed E-state index contributed by atoms with van der Waals surface area (Å²) >= 11 is 4.91. The second-order valence-corrected chi connectivity index (χ2v) is 4.95. The van der Waals surface area contributed by atoms with E-state index in [0.29, 0.717) is 13.0 Å². The standard InChI is InChI=1S/C10H11BrN2OS/c1-2-7(4-12)10(14)13-5-9-3-8(11)6-15-9/h3,6-7H,2,5H2,1H3,(H,13,14). The van der Waals surface area contributed by atoms with E-state index in [9.17, 15) is 4.79 Å². The third-order valence-corrected chi connectivity index (χ3v) is 3.64. The molecule has 0 aliphatic rings. The Labute approximate surface area is 101 Å². The molecule has 5 heteroatoms. The minimum atomic E-state index is -0.534. The number of hydrogen-bond acceptors (Lipinski definition) is 3. The van der Waals surface area contributed by atoms with Crippen molar-refractivity contribution in [1.82, 2.24) is 5.32 Å². The Morgan fingerprint density at radius 2 is 2.53 bits per heavy atom. The summed E-state index contributed by atoms with van der Waals surface area (Å²) in [5.74, 6) is -0.724. The molecule has 1 rings (SSSR count). The average molecular weight is 287 g/mol. The van der Waals surface area contributed by atoms with Crippen LogP contribution in [0.25, 0.3) is 0 Å². The van der Waals surface area contributed by atoms with Gasteiger partial charge in [-0.15, -0.1) is 11.3 Å².